The standard InChI is InChI=1S/C9H8F4O/c1-5-6(4-14)2-7(3-8(5)10)9(11,12)13/h2-3,14H,4H2,1H3. The summed E-state index contributed by atoms with van der Waals surface area (Å²) >= 11 is 0. The summed E-state index contributed by atoms with van der Waals surface area (Å²) in [5, 5.41) is 8.70. The van der Waals surface area contributed by atoms with Crippen molar-refractivity contribution in [2.75, 3.05) is 0 Å². The van der Waals surface area contributed by atoms with Crippen molar-refractivity contribution >= 4 is 0 Å². The Morgan fingerprint density at radius 2 is 1.86 bits per heavy atom. The first kappa shape index (κ1) is 11.0. The number of hydrogen-bond acceptors (Lipinski definition) is 1. The molecule has 0 saturated carbocycles. The van der Waals surface area contributed by atoms with Crippen molar-refractivity contribution in [2.45, 2.75) is 19.7 Å². The minimum absolute atomic E-state index is 0.0421. The van der Waals surface area contributed by atoms with Crippen LogP contribution in [0.15, 0.2) is 12.1 Å². The molecule has 0 aliphatic carbocycles. The third-order valence-corrected chi connectivity index (χ3v) is 1.95. The highest BCUT2D eigenvalue weighted by molar-refractivity contribution is 5.33. The maximum atomic E-state index is 12.9. The number of aliphatic hydroxyl groups is 1. The number of hydrogen-bond donors (Lipinski definition) is 1. The molecule has 1 aromatic carbocycles. The molecule has 1 rings (SSSR count). The fraction of sp³-hybridized carbons (Fsp3) is 0.333. The zero-order valence-corrected chi connectivity index (χ0v) is 7.32. The number of halogens is 4. The summed E-state index contributed by atoms with van der Waals surface area (Å²) in [4.78, 5) is 0. The van der Waals surface area contributed by atoms with Gasteiger partial charge >= 0.3 is 6.18 Å². The molecule has 0 bridgehead atoms. The smallest absolute Gasteiger partial charge is 0.392 e. The third-order valence-electron chi connectivity index (χ3n) is 1.95. The molecule has 1 N–H and O–H groups in total. The van der Waals surface area contributed by atoms with Crippen LogP contribution in [0.5, 0.6) is 0 Å². The van der Waals surface area contributed by atoms with E-state index in [0.717, 1.165) is 6.07 Å². The molecule has 0 atom stereocenters. The molecule has 0 aliphatic rings. The fourth-order valence-corrected chi connectivity index (χ4v) is 1.06. The van der Waals surface area contributed by atoms with Gasteiger partial charge in [-0.1, -0.05) is 0 Å². The maximum Gasteiger partial charge on any atom is 0.416 e. The van der Waals surface area contributed by atoms with Gasteiger partial charge in [0, 0.05) is 0 Å². The second-order valence-corrected chi connectivity index (χ2v) is 2.90. The van der Waals surface area contributed by atoms with E-state index in [1.54, 1.807) is 0 Å². The summed E-state index contributed by atoms with van der Waals surface area (Å²) in [6, 6.07) is 1.17. The van der Waals surface area contributed by atoms with Gasteiger partial charge in [0.25, 0.3) is 0 Å². The van der Waals surface area contributed by atoms with Crippen molar-refractivity contribution < 1.29 is 22.7 Å². The lowest BCUT2D eigenvalue weighted by atomic mass is 10.0. The molecule has 5 heteroatoms. The third kappa shape index (κ3) is 2.04. The Balaban J connectivity index is 3.30. The van der Waals surface area contributed by atoms with Crippen LogP contribution >= 0.6 is 0 Å². The van der Waals surface area contributed by atoms with E-state index in [9.17, 15) is 17.6 Å². The molecule has 14 heavy (non-hydrogen) atoms. The monoisotopic (exact) mass is 208 g/mol. The average molecular weight is 208 g/mol. The molecule has 78 valence electrons. The number of alkyl halides is 3. The quantitative estimate of drug-likeness (QED) is 0.703. The van der Waals surface area contributed by atoms with Gasteiger partial charge in [-0.25, -0.2) is 4.39 Å². The summed E-state index contributed by atoms with van der Waals surface area (Å²) in [6.07, 6.45) is -4.58. The maximum absolute atomic E-state index is 12.9. The number of aliphatic hydroxyl groups excluding tert-OH is 1. The van der Waals surface area contributed by atoms with Gasteiger partial charge in [0.05, 0.1) is 12.2 Å². The lowest BCUT2D eigenvalue weighted by molar-refractivity contribution is -0.137. The summed E-state index contributed by atoms with van der Waals surface area (Å²) in [6.45, 7) is 0.716. The van der Waals surface area contributed by atoms with E-state index in [2.05, 4.69) is 0 Å². The van der Waals surface area contributed by atoms with Gasteiger partial charge in [0.2, 0.25) is 0 Å². The van der Waals surface area contributed by atoms with E-state index in [1.165, 1.54) is 6.92 Å². The summed E-state index contributed by atoms with van der Waals surface area (Å²) in [7, 11) is 0. The van der Waals surface area contributed by atoms with Crippen molar-refractivity contribution in [1.82, 2.24) is 0 Å². The van der Waals surface area contributed by atoms with E-state index >= 15 is 0 Å². The minimum atomic E-state index is -4.58. The van der Waals surface area contributed by atoms with Gasteiger partial charge in [-0.3, -0.25) is 0 Å². The lowest BCUT2D eigenvalue weighted by Gasteiger charge is -2.10. The summed E-state index contributed by atoms with van der Waals surface area (Å²) < 4.78 is 49.4. The highest BCUT2D eigenvalue weighted by atomic mass is 19.4. The minimum Gasteiger partial charge on any atom is -0.392 e. The van der Waals surface area contributed by atoms with Crippen LogP contribution in [0.3, 0.4) is 0 Å². The molecular formula is C9H8F4O. The first-order valence-corrected chi connectivity index (χ1v) is 3.83. The van der Waals surface area contributed by atoms with Crippen LogP contribution < -0.4 is 0 Å². The van der Waals surface area contributed by atoms with Crippen LogP contribution in [0, 0.1) is 12.7 Å². The Hall–Kier alpha value is -1.10. The zero-order chi connectivity index (χ0) is 10.9. The Kier molecular flexibility index (Phi) is 2.80. The Bertz CT molecular complexity index is 343. The first-order valence-electron chi connectivity index (χ1n) is 3.83. The van der Waals surface area contributed by atoms with Gasteiger partial charge in [0.1, 0.15) is 5.82 Å². The summed E-state index contributed by atoms with van der Waals surface area (Å²) in [5.41, 5.74) is -1.08. The Labute approximate surface area is 78.0 Å². The van der Waals surface area contributed by atoms with E-state index in [-0.39, 0.29) is 11.1 Å². The molecule has 1 nitrogen and oxygen atoms in total. The molecule has 0 saturated heterocycles. The summed E-state index contributed by atoms with van der Waals surface area (Å²) in [5.74, 6) is -0.955. The van der Waals surface area contributed by atoms with E-state index in [1.807, 2.05) is 0 Å². The first-order chi connectivity index (χ1) is 6.36. The van der Waals surface area contributed by atoms with Crippen molar-refractivity contribution in [3.05, 3.63) is 34.6 Å². The highest BCUT2D eigenvalue weighted by Gasteiger charge is 2.31. The van der Waals surface area contributed by atoms with Crippen LogP contribution in [-0.4, -0.2) is 5.11 Å². The molecular weight excluding hydrogens is 200 g/mol. The Morgan fingerprint density at radius 1 is 1.29 bits per heavy atom. The Morgan fingerprint density at radius 3 is 2.29 bits per heavy atom. The van der Waals surface area contributed by atoms with Crippen molar-refractivity contribution in [2.24, 2.45) is 0 Å². The molecule has 0 heterocycles. The number of rotatable bonds is 1. The normalized spacial score (nSPS) is 11.9. The molecule has 0 fully saturated rings. The molecule has 1 aromatic rings. The predicted molar refractivity (Wildman–Crippen MR) is 42.1 cm³/mol. The lowest BCUT2D eigenvalue weighted by Crippen LogP contribution is -2.08. The van der Waals surface area contributed by atoms with E-state index in [4.69, 9.17) is 5.11 Å². The van der Waals surface area contributed by atoms with Crippen LogP contribution in [0.25, 0.3) is 0 Å². The van der Waals surface area contributed by atoms with Gasteiger partial charge in [-0.2, -0.15) is 13.2 Å². The predicted octanol–water partition coefficient (Wildman–Crippen LogP) is 2.65. The average Bonchev–Trinajstić information content (AvgIpc) is 2.07. The fourth-order valence-electron chi connectivity index (χ4n) is 1.06. The molecule has 0 aliphatic heterocycles. The van der Waals surface area contributed by atoms with Gasteiger partial charge < -0.3 is 5.11 Å². The van der Waals surface area contributed by atoms with Crippen LogP contribution in [-0.2, 0) is 12.8 Å². The molecule has 0 radical (unpaired) electrons. The second-order valence-electron chi connectivity index (χ2n) is 2.90. The molecule has 0 aromatic heterocycles. The van der Waals surface area contributed by atoms with E-state index < -0.39 is 24.2 Å². The van der Waals surface area contributed by atoms with E-state index in [0.29, 0.717) is 6.07 Å². The SMILES string of the molecule is Cc1c(F)cc(C(F)(F)F)cc1CO. The van der Waals surface area contributed by atoms with Crippen LogP contribution in [0.2, 0.25) is 0 Å². The van der Waals surface area contributed by atoms with Crippen molar-refractivity contribution in [1.29, 1.82) is 0 Å². The zero-order valence-electron chi connectivity index (χ0n) is 7.32. The molecule has 0 spiro atoms. The van der Waals surface area contributed by atoms with Crippen molar-refractivity contribution in [3.8, 4) is 0 Å². The van der Waals surface area contributed by atoms with Crippen molar-refractivity contribution in [3.63, 3.8) is 0 Å². The van der Waals surface area contributed by atoms with Crippen LogP contribution in [0.4, 0.5) is 17.6 Å². The molecule has 0 amide bonds. The van der Waals surface area contributed by atoms with Gasteiger partial charge in [-0.15, -0.1) is 0 Å². The van der Waals surface area contributed by atoms with Gasteiger partial charge in [0.15, 0.2) is 0 Å². The van der Waals surface area contributed by atoms with Gasteiger partial charge in [-0.05, 0) is 30.2 Å². The largest absolute Gasteiger partial charge is 0.416 e. The molecule has 0 unspecified atom stereocenters. The van der Waals surface area contributed by atoms with Crippen LogP contribution in [0.1, 0.15) is 16.7 Å². The highest BCUT2D eigenvalue weighted by Crippen LogP contribution is 2.31. The topological polar surface area (TPSA) is 20.2 Å². The second kappa shape index (κ2) is 3.57. The number of benzene rings is 1.